The van der Waals surface area contributed by atoms with Crippen LogP contribution >= 0.6 is 0 Å². The van der Waals surface area contributed by atoms with Crippen molar-refractivity contribution in [2.45, 2.75) is 158 Å². The predicted octanol–water partition coefficient (Wildman–Crippen LogP) is 23.1. The summed E-state index contributed by atoms with van der Waals surface area (Å²) >= 11 is 0. The Morgan fingerprint density at radius 1 is 0.253 bits per heavy atom. The fraction of sp³-hybridized carbons (Fsp3) is 0.268. The topological polar surface area (TPSA) is 61.8 Å². The first kappa shape index (κ1) is 69.8. The molecule has 0 fully saturated rings. The molecule has 0 aromatic heterocycles. The van der Waals surface area contributed by atoms with Crippen molar-refractivity contribution in [1.29, 1.82) is 0 Å². The van der Waals surface area contributed by atoms with Crippen LogP contribution in [0.2, 0.25) is 0 Å². The van der Waals surface area contributed by atoms with Crippen LogP contribution < -0.4 is 14.2 Å². The van der Waals surface area contributed by atoms with Crippen molar-refractivity contribution in [3.05, 3.63) is 305 Å². The van der Waals surface area contributed by atoms with Gasteiger partial charge in [0, 0.05) is 5.41 Å². The van der Waals surface area contributed by atoms with Gasteiger partial charge in [-0.3, -0.25) is 0 Å². The third kappa shape index (κ3) is 17.2. The highest BCUT2D eigenvalue weighted by atomic mass is 32.2. The van der Waals surface area contributed by atoms with E-state index in [2.05, 4.69) is 142 Å². The molecule has 0 saturated carbocycles. The summed E-state index contributed by atoms with van der Waals surface area (Å²) in [6.45, 7) is 37.9. The number of rotatable bonds is 12. The molecule has 10 aromatic rings. The predicted molar refractivity (Wildman–Crippen MR) is 371 cm³/mol. The lowest BCUT2D eigenvalue weighted by Crippen LogP contribution is -2.40. The summed E-state index contributed by atoms with van der Waals surface area (Å²) in [5.74, 6) is 5.21. The molecule has 5 nitrogen and oxygen atoms in total. The average molecular weight is 1240 g/mol. The summed E-state index contributed by atoms with van der Waals surface area (Å²) in [5.41, 5.74) is 18.9. The number of halogens is 3. The highest BCUT2D eigenvalue weighted by Gasteiger charge is 2.53. The Labute approximate surface area is 540 Å². The largest absolute Gasteiger partial charge is 0.457 e. The molecule has 0 spiro atoms. The second kappa shape index (κ2) is 29.1. The molecule has 474 valence electrons. The molecular formula is C82H89F3O5S. The quantitative estimate of drug-likeness (QED) is 0.122. The highest BCUT2D eigenvalue weighted by molar-refractivity contribution is 7.91. The number of ether oxygens (including phenoxy) is 3. The monoisotopic (exact) mass is 1240 g/mol. The van der Waals surface area contributed by atoms with Crippen molar-refractivity contribution in [2.75, 3.05) is 0 Å². The third-order valence-corrected chi connectivity index (χ3v) is 19.8. The molecule has 0 saturated heterocycles. The summed E-state index contributed by atoms with van der Waals surface area (Å²) in [6.07, 6.45) is -4.36. The molecular weight excluding hydrogens is 1150 g/mol. The molecule has 0 aliphatic rings. The summed E-state index contributed by atoms with van der Waals surface area (Å²) in [5, 5.41) is 0. The van der Waals surface area contributed by atoms with Crippen molar-refractivity contribution in [1.82, 2.24) is 0 Å². The normalized spacial score (nSPS) is 11.5. The van der Waals surface area contributed by atoms with Crippen LogP contribution in [-0.2, 0) is 20.7 Å². The Balaban J connectivity index is 0.000000179. The zero-order valence-corrected chi connectivity index (χ0v) is 57.4. The van der Waals surface area contributed by atoms with Gasteiger partial charge in [0.25, 0.3) is 0 Å². The zero-order chi connectivity index (χ0) is 66.9. The van der Waals surface area contributed by atoms with Crippen LogP contribution in [0.15, 0.2) is 204 Å². The summed E-state index contributed by atoms with van der Waals surface area (Å²) < 4.78 is 84.9. The van der Waals surface area contributed by atoms with Crippen LogP contribution in [0.5, 0.6) is 34.5 Å². The summed E-state index contributed by atoms with van der Waals surface area (Å²) in [7, 11) is -3.42. The van der Waals surface area contributed by atoms with Gasteiger partial charge in [-0.25, -0.2) is 8.42 Å². The molecule has 0 radical (unpaired) electrons. The molecule has 0 aliphatic heterocycles. The van der Waals surface area contributed by atoms with E-state index in [0.29, 0.717) is 9.79 Å². The van der Waals surface area contributed by atoms with E-state index < -0.39 is 21.4 Å². The maximum Gasteiger partial charge on any atom is 0.402 e. The van der Waals surface area contributed by atoms with Gasteiger partial charge in [-0.05, 0) is 326 Å². The fourth-order valence-electron chi connectivity index (χ4n) is 10.1. The van der Waals surface area contributed by atoms with Gasteiger partial charge in [0.1, 0.15) is 39.9 Å². The van der Waals surface area contributed by atoms with Crippen LogP contribution in [0.4, 0.5) is 13.2 Å². The zero-order valence-electron chi connectivity index (χ0n) is 56.6. The first-order chi connectivity index (χ1) is 42.7. The lowest BCUT2D eigenvalue weighted by atomic mass is 9.74. The first-order valence-corrected chi connectivity index (χ1v) is 32.3. The molecule has 10 rings (SSSR count). The van der Waals surface area contributed by atoms with E-state index in [-0.39, 0.29) is 16.5 Å². The van der Waals surface area contributed by atoms with Gasteiger partial charge in [-0.1, -0.05) is 111 Å². The van der Waals surface area contributed by atoms with Crippen LogP contribution in [0.1, 0.15) is 132 Å². The number of alkyl halides is 3. The lowest BCUT2D eigenvalue weighted by Gasteiger charge is -2.34. The second-order valence-electron chi connectivity index (χ2n) is 25.2. The Morgan fingerprint density at radius 3 is 0.703 bits per heavy atom. The van der Waals surface area contributed by atoms with Gasteiger partial charge in [-0.15, -0.1) is 0 Å². The molecule has 0 aliphatic carbocycles. The van der Waals surface area contributed by atoms with Crippen LogP contribution in [-0.4, -0.2) is 14.6 Å². The summed E-state index contributed by atoms with van der Waals surface area (Å²) in [6, 6.07) is 62.0. The standard InChI is InChI=1S/C31H32O2.C19H21F3.C16H18O2S.C16H18O/c1-21-7-13-29(19-23(21)3)32-27-15-9-25(10-16-27)31(5,6)26-11-17-28(18-12-26)33-30-14-8-22(2)24(4)20-30;1-12-6-8-16(10-14(12)3)18(5,19(20,21)22)17-9-7-13(2)15(4)11-17;1-11-5-7-15(9-13(11)3)19(17,18)16-8-6-12(2)14(4)10-16;1-11-5-7-15(9-13(11)3)17-16-8-6-12(2)14(4)10-16/h7-20H,1-6H3;6-11H,1-5H3;5-10H,1-4H3;5-10H,1-4H3. The molecule has 0 atom stereocenters. The number of hydrogen-bond acceptors (Lipinski definition) is 5. The van der Waals surface area contributed by atoms with Gasteiger partial charge in [0.2, 0.25) is 9.84 Å². The van der Waals surface area contributed by atoms with Crippen LogP contribution in [0.3, 0.4) is 0 Å². The molecule has 10 aromatic carbocycles. The second-order valence-corrected chi connectivity index (χ2v) is 27.1. The average Bonchev–Trinajstić information content (AvgIpc) is 0.842. The van der Waals surface area contributed by atoms with Gasteiger partial charge in [-0.2, -0.15) is 13.2 Å². The van der Waals surface area contributed by atoms with Crippen molar-refractivity contribution in [2.24, 2.45) is 0 Å². The van der Waals surface area contributed by atoms with E-state index in [0.717, 1.165) is 79.0 Å². The minimum atomic E-state index is -4.36. The van der Waals surface area contributed by atoms with Crippen LogP contribution in [0.25, 0.3) is 0 Å². The van der Waals surface area contributed by atoms with E-state index in [1.54, 1.807) is 60.7 Å². The smallest absolute Gasteiger partial charge is 0.402 e. The van der Waals surface area contributed by atoms with Gasteiger partial charge in [0.15, 0.2) is 0 Å². The molecule has 91 heavy (non-hydrogen) atoms. The molecule has 0 amide bonds. The molecule has 0 N–H and O–H groups in total. The van der Waals surface area contributed by atoms with Crippen molar-refractivity contribution < 1.29 is 35.8 Å². The maximum atomic E-state index is 13.9. The summed E-state index contributed by atoms with van der Waals surface area (Å²) in [4.78, 5) is 0.720. The molecule has 9 heteroatoms. The van der Waals surface area contributed by atoms with Gasteiger partial charge >= 0.3 is 6.18 Å². The van der Waals surface area contributed by atoms with E-state index in [9.17, 15) is 21.6 Å². The SMILES string of the molecule is Cc1ccc(C(C)(c2ccc(C)c(C)c2)C(F)(F)F)cc1C.Cc1ccc(Oc2ccc(C(C)(C)c3ccc(Oc4ccc(C)c(C)c4)cc3)cc2)cc1C.Cc1ccc(Oc2ccc(C)c(C)c2)cc1C.Cc1ccc(S(=O)(=O)c2ccc(C)c(C)c2)cc1C. The molecule has 0 heterocycles. The van der Waals surface area contributed by atoms with Gasteiger partial charge < -0.3 is 14.2 Å². The van der Waals surface area contributed by atoms with E-state index >= 15 is 0 Å². The van der Waals surface area contributed by atoms with E-state index in [1.165, 1.54) is 62.6 Å². The van der Waals surface area contributed by atoms with Crippen LogP contribution in [0, 0.1) is 111 Å². The Kier molecular flexibility index (Phi) is 22.3. The number of hydrogen-bond donors (Lipinski definition) is 0. The lowest BCUT2D eigenvalue weighted by molar-refractivity contribution is -0.173. The molecule has 0 bridgehead atoms. The Hall–Kier alpha value is -8.66. The highest BCUT2D eigenvalue weighted by Crippen LogP contribution is 2.47. The minimum Gasteiger partial charge on any atom is -0.457 e. The van der Waals surface area contributed by atoms with Gasteiger partial charge in [0.05, 0.1) is 9.79 Å². The van der Waals surface area contributed by atoms with E-state index in [4.69, 9.17) is 14.2 Å². The molecule has 0 unspecified atom stereocenters. The van der Waals surface area contributed by atoms with E-state index in [1.807, 2.05) is 116 Å². The third-order valence-electron chi connectivity index (χ3n) is 18.1. The van der Waals surface area contributed by atoms with Crippen molar-refractivity contribution in [3.8, 4) is 34.5 Å². The Morgan fingerprint density at radius 2 is 0.462 bits per heavy atom. The van der Waals surface area contributed by atoms with Crippen molar-refractivity contribution >= 4 is 9.84 Å². The first-order valence-electron chi connectivity index (χ1n) is 30.8. The number of sulfone groups is 1. The number of benzene rings is 10. The van der Waals surface area contributed by atoms with Crippen molar-refractivity contribution in [3.63, 3.8) is 0 Å². The minimum absolute atomic E-state index is 0.141. The Bertz CT molecular complexity index is 4050. The number of aryl methyl sites for hydroxylation is 16. The maximum absolute atomic E-state index is 13.9. The fourth-order valence-corrected chi connectivity index (χ4v) is 11.5.